The molecule has 0 aliphatic heterocycles. The highest BCUT2D eigenvalue weighted by molar-refractivity contribution is 5.47. The van der Waals surface area contributed by atoms with E-state index in [-0.39, 0.29) is 0 Å². The first-order chi connectivity index (χ1) is 6.79. The molecule has 1 aromatic rings. The monoisotopic (exact) mass is 193 g/mol. The molecule has 1 rings (SSSR count). The molecule has 0 unspecified atom stereocenters. The molecular formula is C10H15N3O. The highest BCUT2D eigenvalue weighted by Gasteiger charge is 2.04. The highest BCUT2D eigenvalue weighted by Crippen LogP contribution is 2.19. The summed E-state index contributed by atoms with van der Waals surface area (Å²) in [5.41, 5.74) is 0.930. The van der Waals surface area contributed by atoms with Crippen molar-refractivity contribution in [1.82, 2.24) is 9.97 Å². The predicted molar refractivity (Wildman–Crippen MR) is 56.6 cm³/mol. The van der Waals surface area contributed by atoms with Crippen molar-refractivity contribution in [3.8, 4) is 5.88 Å². The molecule has 0 radical (unpaired) electrons. The van der Waals surface area contributed by atoms with Crippen LogP contribution in [0, 0.1) is 6.92 Å². The number of ether oxygens (including phenoxy) is 1. The Hall–Kier alpha value is -1.58. The zero-order valence-corrected chi connectivity index (χ0v) is 8.74. The fraction of sp³-hybridized carbons (Fsp3) is 0.400. The third-order valence-electron chi connectivity index (χ3n) is 1.85. The Morgan fingerprint density at radius 3 is 2.93 bits per heavy atom. The summed E-state index contributed by atoms with van der Waals surface area (Å²) in [6.07, 6.45) is 5.50. The van der Waals surface area contributed by atoms with Gasteiger partial charge in [-0.1, -0.05) is 12.2 Å². The summed E-state index contributed by atoms with van der Waals surface area (Å²) in [6, 6.07) is 0. The van der Waals surface area contributed by atoms with Crippen LogP contribution in [0.1, 0.15) is 12.5 Å². The van der Waals surface area contributed by atoms with Crippen molar-refractivity contribution in [2.45, 2.75) is 13.8 Å². The molecule has 4 heteroatoms. The quantitative estimate of drug-likeness (QED) is 0.740. The maximum atomic E-state index is 5.08. The van der Waals surface area contributed by atoms with Crippen molar-refractivity contribution in [1.29, 1.82) is 0 Å². The molecule has 0 aromatic carbocycles. The smallest absolute Gasteiger partial charge is 0.221 e. The largest absolute Gasteiger partial charge is 0.481 e. The molecule has 0 saturated heterocycles. The van der Waals surface area contributed by atoms with Crippen molar-refractivity contribution in [3.05, 3.63) is 24.0 Å². The summed E-state index contributed by atoms with van der Waals surface area (Å²) in [5.74, 6) is 1.43. The first-order valence-electron chi connectivity index (χ1n) is 4.50. The average Bonchev–Trinajstić information content (AvgIpc) is 2.21. The molecule has 1 aromatic heterocycles. The van der Waals surface area contributed by atoms with Crippen molar-refractivity contribution in [2.75, 3.05) is 19.0 Å². The molecule has 76 valence electrons. The van der Waals surface area contributed by atoms with Gasteiger partial charge in [0.05, 0.1) is 12.7 Å². The van der Waals surface area contributed by atoms with E-state index in [2.05, 4.69) is 15.3 Å². The normalized spacial score (nSPS) is 10.5. The van der Waals surface area contributed by atoms with Crippen molar-refractivity contribution in [3.63, 3.8) is 0 Å². The number of nitrogens with one attached hydrogen (secondary N) is 1. The lowest BCUT2D eigenvalue weighted by molar-refractivity contribution is 0.394. The lowest BCUT2D eigenvalue weighted by Crippen LogP contribution is -2.04. The van der Waals surface area contributed by atoms with Gasteiger partial charge in [-0.05, 0) is 13.8 Å². The maximum absolute atomic E-state index is 5.08. The van der Waals surface area contributed by atoms with Gasteiger partial charge in [-0.3, -0.25) is 0 Å². The van der Waals surface area contributed by atoms with Crippen LogP contribution in [0.3, 0.4) is 0 Å². The fourth-order valence-electron chi connectivity index (χ4n) is 1.09. The van der Waals surface area contributed by atoms with Gasteiger partial charge in [0.1, 0.15) is 12.1 Å². The van der Waals surface area contributed by atoms with Crippen LogP contribution in [0.25, 0.3) is 0 Å². The fourth-order valence-corrected chi connectivity index (χ4v) is 1.09. The number of rotatable bonds is 4. The van der Waals surface area contributed by atoms with Crippen LogP contribution in [-0.4, -0.2) is 23.6 Å². The molecule has 0 amide bonds. The van der Waals surface area contributed by atoms with Gasteiger partial charge in [-0.15, -0.1) is 0 Å². The van der Waals surface area contributed by atoms with Crippen molar-refractivity contribution < 1.29 is 4.74 Å². The van der Waals surface area contributed by atoms with E-state index in [0.717, 1.165) is 17.9 Å². The number of methoxy groups -OCH3 is 1. The first kappa shape index (κ1) is 10.5. The minimum atomic E-state index is 0.614. The molecule has 0 bridgehead atoms. The first-order valence-corrected chi connectivity index (χ1v) is 4.50. The van der Waals surface area contributed by atoms with E-state index < -0.39 is 0 Å². The van der Waals surface area contributed by atoms with Gasteiger partial charge >= 0.3 is 0 Å². The lowest BCUT2D eigenvalue weighted by atomic mass is 10.3. The van der Waals surface area contributed by atoms with Crippen molar-refractivity contribution >= 4 is 5.82 Å². The summed E-state index contributed by atoms with van der Waals surface area (Å²) in [7, 11) is 1.60. The lowest BCUT2D eigenvalue weighted by Gasteiger charge is -2.08. The molecule has 0 fully saturated rings. The molecule has 0 aliphatic rings. The number of hydrogen-bond donors (Lipinski definition) is 1. The molecular weight excluding hydrogens is 178 g/mol. The van der Waals surface area contributed by atoms with E-state index >= 15 is 0 Å². The molecule has 0 saturated carbocycles. The molecule has 0 aliphatic carbocycles. The van der Waals surface area contributed by atoms with Crippen molar-refractivity contribution in [2.24, 2.45) is 0 Å². The van der Waals surface area contributed by atoms with E-state index in [0.29, 0.717) is 5.88 Å². The summed E-state index contributed by atoms with van der Waals surface area (Å²) in [6.45, 7) is 4.67. The number of anilines is 1. The average molecular weight is 193 g/mol. The Kier molecular flexibility index (Phi) is 3.91. The van der Waals surface area contributed by atoms with E-state index in [9.17, 15) is 0 Å². The van der Waals surface area contributed by atoms with Gasteiger partial charge < -0.3 is 10.1 Å². The van der Waals surface area contributed by atoms with E-state index in [1.54, 1.807) is 7.11 Å². The second-order valence-corrected chi connectivity index (χ2v) is 2.81. The summed E-state index contributed by atoms with van der Waals surface area (Å²) in [5, 5.41) is 3.17. The Balaban J connectivity index is 2.76. The van der Waals surface area contributed by atoms with Gasteiger partial charge in [0.2, 0.25) is 5.88 Å². The molecule has 1 N–H and O–H groups in total. The van der Waals surface area contributed by atoms with Crippen LogP contribution in [0.4, 0.5) is 5.82 Å². The molecule has 0 atom stereocenters. The summed E-state index contributed by atoms with van der Waals surface area (Å²) < 4.78 is 5.08. The Morgan fingerprint density at radius 1 is 1.50 bits per heavy atom. The van der Waals surface area contributed by atoms with Gasteiger partial charge in [-0.2, -0.15) is 0 Å². The zero-order chi connectivity index (χ0) is 10.4. The SMILES string of the molecule is C/C=C/CNc1ncnc(OC)c1C. The van der Waals surface area contributed by atoms with E-state index in [1.165, 1.54) is 6.33 Å². The Bertz CT molecular complexity index is 323. The topological polar surface area (TPSA) is 47.0 Å². The summed E-state index contributed by atoms with van der Waals surface area (Å²) >= 11 is 0. The molecule has 4 nitrogen and oxygen atoms in total. The Labute approximate surface area is 84.0 Å². The molecule has 14 heavy (non-hydrogen) atoms. The molecule has 1 heterocycles. The van der Waals surface area contributed by atoms with Crippen LogP contribution in [0.15, 0.2) is 18.5 Å². The second kappa shape index (κ2) is 5.21. The Morgan fingerprint density at radius 2 is 2.29 bits per heavy atom. The predicted octanol–water partition coefficient (Wildman–Crippen LogP) is 1.78. The van der Waals surface area contributed by atoms with E-state index in [1.807, 2.05) is 26.0 Å². The van der Waals surface area contributed by atoms with E-state index in [4.69, 9.17) is 4.74 Å². The second-order valence-electron chi connectivity index (χ2n) is 2.81. The van der Waals surface area contributed by atoms with Crippen LogP contribution in [0.5, 0.6) is 5.88 Å². The van der Waals surface area contributed by atoms with Gasteiger partial charge in [0.25, 0.3) is 0 Å². The minimum Gasteiger partial charge on any atom is -0.481 e. The van der Waals surface area contributed by atoms with Gasteiger partial charge in [-0.25, -0.2) is 9.97 Å². The minimum absolute atomic E-state index is 0.614. The number of nitrogens with zero attached hydrogens (tertiary/aromatic N) is 2. The third-order valence-corrected chi connectivity index (χ3v) is 1.85. The van der Waals surface area contributed by atoms with Gasteiger partial charge in [0, 0.05) is 6.54 Å². The number of allylic oxidation sites excluding steroid dienone is 1. The van der Waals surface area contributed by atoms with Gasteiger partial charge in [0.15, 0.2) is 0 Å². The van der Waals surface area contributed by atoms with Crippen LogP contribution in [0.2, 0.25) is 0 Å². The zero-order valence-electron chi connectivity index (χ0n) is 8.74. The van der Waals surface area contributed by atoms with Crippen LogP contribution < -0.4 is 10.1 Å². The summed E-state index contributed by atoms with van der Waals surface area (Å²) in [4.78, 5) is 8.12. The highest BCUT2D eigenvalue weighted by atomic mass is 16.5. The maximum Gasteiger partial charge on any atom is 0.221 e. The van der Waals surface area contributed by atoms with Crippen LogP contribution >= 0.6 is 0 Å². The molecule has 0 spiro atoms. The van der Waals surface area contributed by atoms with Crippen LogP contribution in [-0.2, 0) is 0 Å². The number of aromatic nitrogens is 2. The standard InChI is InChI=1S/C10H15N3O/c1-4-5-6-11-9-8(2)10(14-3)13-7-12-9/h4-5,7H,6H2,1-3H3,(H,11,12,13)/b5-4+. The third kappa shape index (κ3) is 2.45. The number of hydrogen-bond acceptors (Lipinski definition) is 4.